The normalized spacial score (nSPS) is 15.9. The number of halogens is 1. The molecule has 0 radical (unpaired) electrons. The van der Waals surface area contributed by atoms with Gasteiger partial charge in [0.2, 0.25) is 0 Å². The molecular formula is C12H14ClN3. The Balaban J connectivity index is 2.24. The van der Waals surface area contributed by atoms with Crippen molar-refractivity contribution in [2.75, 3.05) is 7.05 Å². The van der Waals surface area contributed by atoms with E-state index in [1.807, 2.05) is 19.2 Å². The molecule has 3 rings (SSSR count). The van der Waals surface area contributed by atoms with Crippen molar-refractivity contribution in [3.05, 3.63) is 34.9 Å². The van der Waals surface area contributed by atoms with E-state index in [9.17, 15) is 0 Å². The van der Waals surface area contributed by atoms with Gasteiger partial charge in [-0.1, -0.05) is 17.7 Å². The van der Waals surface area contributed by atoms with E-state index in [0.717, 1.165) is 28.7 Å². The molecule has 0 aromatic carbocycles. The molecule has 84 valence electrons. The van der Waals surface area contributed by atoms with Gasteiger partial charge in [-0.25, -0.2) is 4.98 Å². The summed E-state index contributed by atoms with van der Waals surface area (Å²) in [6.45, 7) is 0.788. The molecule has 0 spiro atoms. The highest BCUT2D eigenvalue weighted by Gasteiger charge is 2.29. The number of fused-ring (bicyclic) bond motifs is 1. The van der Waals surface area contributed by atoms with Gasteiger partial charge in [0.25, 0.3) is 0 Å². The lowest BCUT2D eigenvalue weighted by atomic mass is 10.3. The smallest absolute Gasteiger partial charge is 0.117 e. The molecule has 0 saturated heterocycles. The fourth-order valence-electron chi connectivity index (χ4n) is 2.10. The maximum Gasteiger partial charge on any atom is 0.117 e. The van der Waals surface area contributed by atoms with Crippen LogP contribution >= 0.6 is 11.6 Å². The Labute approximate surface area is 99.4 Å². The van der Waals surface area contributed by atoms with E-state index in [1.165, 1.54) is 12.8 Å². The van der Waals surface area contributed by atoms with Crippen LogP contribution in [-0.4, -0.2) is 16.4 Å². The summed E-state index contributed by atoms with van der Waals surface area (Å²) in [7, 11) is 1.94. The van der Waals surface area contributed by atoms with Gasteiger partial charge < -0.3 is 5.32 Å². The fourth-order valence-corrected chi connectivity index (χ4v) is 2.35. The van der Waals surface area contributed by atoms with Crippen molar-refractivity contribution < 1.29 is 0 Å². The van der Waals surface area contributed by atoms with Crippen LogP contribution in [0.3, 0.4) is 0 Å². The molecule has 16 heavy (non-hydrogen) atoms. The summed E-state index contributed by atoms with van der Waals surface area (Å²) < 4.78 is 2.09. The second kappa shape index (κ2) is 3.75. The minimum absolute atomic E-state index is 0.609. The van der Waals surface area contributed by atoms with Crippen LogP contribution in [0.15, 0.2) is 18.2 Å². The maximum atomic E-state index is 6.25. The quantitative estimate of drug-likeness (QED) is 0.829. The van der Waals surface area contributed by atoms with Crippen LogP contribution in [0.5, 0.6) is 0 Å². The lowest BCUT2D eigenvalue weighted by Crippen LogP contribution is -2.05. The first-order valence-corrected chi connectivity index (χ1v) is 5.99. The third-order valence-electron chi connectivity index (χ3n) is 3.00. The topological polar surface area (TPSA) is 29.3 Å². The molecule has 1 N–H and O–H groups in total. The Bertz CT molecular complexity index is 528. The number of rotatable bonds is 3. The van der Waals surface area contributed by atoms with Gasteiger partial charge in [-0.3, -0.25) is 4.40 Å². The Morgan fingerprint density at radius 3 is 3.00 bits per heavy atom. The highest BCUT2D eigenvalue weighted by atomic mass is 35.5. The van der Waals surface area contributed by atoms with Crippen LogP contribution in [0.1, 0.15) is 30.3 Å². The zero-order valence-corrected chi connectivity index (χ0v) is 9.96. The van der Waals surface area contributed by atoms with Crippen LogP contribution in [-0.2, 0) is 6.54 Å². The SMILES string of the molecule is CNCc1nc(C2CC2)n2c(Cl)cccc12. The predicted octanol–water partition coefficient (Wildman–Crippen LogP) is 2.58. The largest absolute Gasteiger partial charge is 0.314 e. The summed E-state index contributed by atoms with van der Waals surface area (Å²) in [6.07, 6.45) is 2.48. The van der Waals surface area contributed by atoms with Gasteiger partial charge >= 0.3 is 0 Å². The molecule has 3 nitrogen and oxygen atoms in total. The van der Waals surface area contributed by atoms with Crippen molar-refractivity contribution in [2.24, 2.45) is 0 Å². The van der Waals surface area contributed by atoms with E-state index in [2.05, 4.69) is 15.8 Å². The maximum absolute atomic E-state index is 6.25. The molecule has 0 amide bonds. The molecule has 2 aromatic heterocycles. The third kappa shape index (κ3) is 1.51. The molecule has 2 heterocycles. The van der Waals surface area contributed by atoms with E-state index in [0.29, 0.717) is 5.92 Å². The average Bonchev–Trinajstić information content (AvgIpc) is 3.04. The molecule has 0 bridgehead atoms. The number of hydrogen-bond donors (Lipinski definition) is 1. The molecule has 4 heteroatoms. The van der Waals surface area contributed by atoms with Crippen molar-refractivity contribution >= 4 is 17.1 Å². The Morgan fingerprint density at radius 2 is 2.31 bits per heavy atom. The van der Waals surface area contributed by atoms with Gasteiger partial charge in [-0.15, -0.1) is 0 Å². The minimum Gasteiger partial charge on any atom is -0.314 e. The molecule has 0 aliphatic heterocycles. The van der Waals surface area contributed by atoms with E-state index < -0.39 is 0 Å². The Morgan fingerprint density at radius 1 is 1.50 bits per heavy atom. The van der Waals surface area contributed by atoms with Gasteiger partial charge in [-0.05, 0) is 32.0 Å². The highest BCUT2D eigenvalue weighted by molar-refractivity contribution is 6.29. The van der Waals surface area contributed by atoms with Crippen LogP contribution in [0.4, 0.5) is 0 Å². The number of nitrogens with one attached hydrogen (secondary N) is 1. The summed E-state index contributed by atoms with van der Waals surface area (Å²) >= 11 is 6.25. The summed E-state index contributed by atoms with van der Waals surface area (Å²) in [6, 6.07) is 5.98. The summed E-state index contributed by atoms with van der Waals surface area (Å²) in [5.41, 5.74) is 2.22. The van der Waals surface area contributed by atoms with E-state index in [1.54, 1.807) is 0 Å². The van der Waals surface area contributed by atoms with Crippen molar-refractivity contribution in [3.8, 4) is 0 Å². The number of hydrogen-bond acceptors (Lipinski definition) is 2. The summed E-state index contributed by atoms with van der Waals surface area (Å²) in [5.74, 6) is 1.74. The molecule has 1 fully saturated rings. The Hall–Kier alpha value is -1.06. The van der Waals surface area contributed by atoms with Crippen LogP contribution in [0.2, 0.25) is 5.15 Å². The molecule has 0 unspecified atom stereocenters. The molecule has 2 aromatic rings. The summed E-state index contributed by atoms with van der Waals surface area (Å²) in [4.78, 5) is 4.72. The Kier molecular flexibility index (Phi) is 2.37. The molecule has 1 aliphatic rings. The average molecular weight is 236 g/mol. The number of nitrogens with zero attached hydrogens (tertiary/aromatic N) is 2. The zero-order chi connectivity index (χ0) is 11.1. The summed E-state index contributed by atoms with van der Waals surface area (Å²) in [5, 5.41) is 3.91. The van der Waals surface area contributed by atoms with Crippen molar-refractivity contribution in [1.82, 2.24) is 14.7 Å². The van der Waals surface area contributed by atoms with E-state index in [4.69, 9.17) is 16.6 Å². The van der Waals surface area contributed by atoms with E-state index >= 15 is 0 Å². The minimum atomic E-state index is 0.609. The van der Waals surface area contributed by atoms with Crippen LogP contribution < -0.4 is 5.32 Å². The first-order valence-electron chi connectivity index (χ1n) is 5.61. The van der Waals surface area contributed by atoms with Gasteiger partial charge in [0, 0.05) is 12.5 Å². The van der Waals surface area contributed by atoms with Crippen LogP contribution in [0.25, 0.3) is 5.52 Å². The van der Waals surface area contributed by atoms with Crippen molar-refractivity contribution in [1.29, 1.82) is 0 Å². The lowest BCUT2D eigenvalue weighted by molar-refractivity contribution is 0.795. The third-order valence-corrected chi connectivity index (χ3v) is 3.30. The highest BCUT2D eigenvalue weighted by Crippen LogP contribution is 2.40. The first kappa shape index (κ1) is 10.1. The zero-order valence-electron chi connectivity index (χ0n) is 9.20. The van der Waals surface area contributed by atoms with Gasteiger partial charge in [0.05, 0.1) is 11.2 Å². The molecule has 1 aliphatic carbocycles. The molecule has 1 saturated carbocycles. The van der Waals surface area contributed by atoms with Gasteiger partial charge in [0.1, 0.15) is 11.0 Å². The monoisotopic (exact) mass is 235 g/mol. The van der Waals surface area contributed by atoms with Gasteiger partial charge in [-0.2, -0.15) is 0 Å². The van der Waals surface area contributed by atoms with Crippen molar-refractivity contribution in [3.63, 3.8) is 0 Å². The first-order chi connectivity index (χ1) is 7.81. The number of aromatic nitrogens is 2. The molecular weight excluding hydrogens is 222 g/mol. The standard InChI is InChI=1S/C12H14ClN3/c1-14-7-9-10-3-2-4-11(13)16(10)12(15-9)8-5-6-8/h2-4,8,14H,5-7H2,1H3. The molecule has 0 atom stereocenters. The van der Waals surface area contributed by atoms with Crippen LogP contribution in [0, 0.1) is 0 Å². The second-order valence-electron chi connectivity index (χ2n) is 4.29. The number of pyridine rings is 1. The lowest BCUT2D eigenvalue weighted by Gasteiger charge is -2.01. The fraction of sp³-hybridized carbons (Fsp3) is 0.417. The number of imidazole rings is 1. The second-order valence-corrected chi connectivity index (χ2v) is 4.68. The van der Waals surface area contributed by atoms with Crippen molar-refractivity contribution in [2.45, 2.75) is 25.3 Å². The predicted molar refractivity (Wildman–Crippen MR) is 64.9 cm³/mol. The van der Waals surface area contributed by atoms with Gasteiger partial charge in [0.15, 0.2) is 0 Å². The van der Waals surface area contributed by atoms with E-state index in [-0.39, 0.29) is 0 Å².